The van der Waals surface area contributed by atoms with E-state index in [0.717, 1.165) is 5.56 Å². The van der Waals surface area contributed by atoms with E-state index in [4.69, 9.17) is 5.73 Å². The molecule has 0 radical (unpaired) electrons. The zero-order valence-corrected chi connectivity index (χ0v) is 9.51. The van der Waals surface area contributed by atoms with Gasteiger partial charge in [0, 0.05) is 12.1 Å². The molecule has 1 aliphatic carbocycles. The fraction of sp³-hybridized carbons (Fsp3) is 0.500. The molecular weight excluding hydrogens is 204 g/mol. The number of hydrogen-bond acceptors (Lipinski definition) is 3. The highest BCUT2D eigenvalue weighted by molar-refractivity contribution is 5.40. The maximum Gasteiger partial charge on any atom is 0.269 e. The number of nitrogens with zero attached hydrogens (tertiary/aromatic N) is 1. The summed E-state index contributed by atoms with van der Waals surface area (Å²) in [7, 11) is 0. The molecule has 0 saturated heterocycles. The van der Waals surface area contributed by atoms with Gasteiger partial charge in [-0.2, -0.15) is 0 Å². The number of nitro benzene ring substituents is 1. The van der Waals surface area contributed by atoms with Gasteiger partial charge in [0.05, 0.1) is 4.92 Å². The van der Waals surface area contributed by atoms with Gasteiger partial charge in [-0.15, -0.1) is 0 Å². The van der Waals surface area contributed by atoms with Crippen LogP contribution in [0, 0.1) is 21.4 Å². The predicted octanol–water partition coefficient (Wildman–Crippen LogP) is 2.29. The van der Waals surface area contributed by atoms with Crippen molar-refractivity contribution >= 4 is 5.69 Å². The van der Waals surface area contributed by atoms with Crippen LogP contribution in [-0.2, 0) is 0 Å². The second-order valence-corrected chi connectivity index (χ2v) is 4.99. The topological polar surface area (TPSA) is 69.2 Å². The molecule has 1 fully saturated rings. The average Bonchev–Trinajstić information content (AvgIpc) is 2.80. The van der Waals surface area contributed by atoms with Crippen molar-refractivity contribution in [3.8, 4) is 0 Å². The van der Waals surface area contributed by atoms with Crippen molar-refractivity contribution in [3.05, 3.63) is 39.9 Å². The van der Waals surface area contributed by atoms with E-state index in [1.54, 1.807) is 12.1 Å². The Hall–Kier alpha value is -1.42. The highest BCUT2D eigenvalue weighted by atomic mass is 16.6. The number of hydrogen-bond donors (Lipinski definition) is 1. The van der Waals surface area contributed by atoms with Crippen molar-refractivity contribution in [2.75, 3.05) is 6.54 Å². The van der Waals surface area contributed by atoms with Gasteiger partial charge in [0.25, 0.3) is 5.69 Å². The highest BCUT2D eigenvalue weighted by Crippen LogP contribution is 2.63. The predicted molar refractivity (Wildman–Crippen MR) is 62.2 cm³/mol. The average molecular weight is 220 g/mol. The normalized spacial score (nSPS) is 26.4. The lowest BCUT2D eigenvalue weighted by atomic mass is 10.0. The lowest BCUT2D eigenvalue weighted by Crippen LogP contribution is -2.05. The van der Waals surface area contributed by atoms with Crippen LogP contribution in [-0.4, -0.2) is 11.5 Å². The third-order valence-corrected chi connectivity index (χ3v) is 3.74. The van der Waals surface area contributed by atoms with E-state index >= 15 is 0 Å². The van der Waals surface area contributed by atoms with E-state index in [0.29, 0.717) is 18.4 Å². The third kappa shape index (κ3) is 1.59. The van der Waals surface area contributed by atoms with E-state index in [1.807, 2.05) is 6.07 Å². The summed E-state index contributed by atoms with van der Waals surface area (Å²) in [5.74, 6) is 0.798. The van der Waals surface area contributed by atoms with E-state index in [2.05, 4.69) is 13.8 Å². The summed E-state index contributed by atoms with van der Waals surface area (Å²) in [6, 6.07) is 6.89. The van der Waals surface area contributed by atoms with E-state index in [1.165, 1.54) is 6.07 Å². The van der Waals surface area contributed by atoms with Crippen LogP contribution >= 0.6 is 0 Å². The van der Waals surface area contributed by atoms with Gasteiger partial charge in [-0.3, -0.25) is 10.1 Å². The SMILES string of the molecule is CC1(C)[C@@H](CN)[C@@H]1c1cccc([N+](=O)[O-])c1. The molecule has 2 N–H and O–H groups in total. The van der Waals surface area contributed by atoms with Crippen molar-refractivity contribution in [1.82, 2.24) is 0 Å². The smallest absolute Gasteiger partial charge is 0.269 e. The van der Waals surface area contributed by atoms with E-state index < -0.39 is 0 Å². The maximum atomic E-state index is 10.7. The molecule has 1 aromatic carbocycles. The van der Waals surface area contributed by atoms with Gasteiger partial charge in [-0.1, -0.05) is 26.0 Å². The second-order valence-electron chi connectivity index (χ2n) is 4.99. The van der Waals surface area contributed by atoms with Crippen LogP contribution in [0.15, 0.2) is 24.3 Å². The summed E-state index contributed by atoms with van der Waals surface area (Å²) < 4.78 is 0. The van der Waals surface area contributed by atoms with Crippen LogP contribution in [0.5, 0.6) is 0 Å². The first kappa shape index (κ1) is 11.1. The lowest BCUT2D eigenvalue weighted by Gasteiger charge is -2.02. The Morgan fingerprint density at radius 3 is 2.69 bits per heavy atom. The second kappa shape index (κ2) is 3.56. The molecule has 2 atom stereocenters. The van der Waals surface area contributed by atoms with Crippen LogP contribution in [0.25, 0.3) is 0 Å². The molecule has 16 heavy (non-hydrogen) atoms. The Kier molecular flexibility index (Phi) is 2.46. The summed E-state index contributed by atoms with van der Waals surface area (Å²) in [4.78, 5) is 10.3. The summed E-state index contributed by atoms with van der Waals surface area (Å²) >= 11 is 0. The van der Waals surface area contributed by atoms with Crippen LogP contribution in [0.3, 0.4) is 0 Å². The summed E-state index contributed by atoms with van der Waals surface area (Å²) in [6.07, 6.45) is 0. The van der Waals surface area contributed by atoms with Crippen LogP contribution in [0.2, 0.25) is 0 Å². The summed E-state index contributed by atoms with van der Waals surface area (Å²) in [5, 5.41) is 10.7. The first-order valence-corrected chi connectivity index (χ1v) is 5.43. The Bertz CT molecular complexity index is 429. The number of rotatable bonds is 3. The molecule has 0 amide bonds. The Balaban J connectivity index is 2.30. The molecular formula is C12H16N2O2. The van der Waals surface area contributed by atoms with Crippen molar-refractivity contribution in [2.45, 2.75) is 19.8 Å². The molecule has 4 nitrogen and oxygen atoms in total. The van der Waals surface area contributed by atoms with Crippen molar-refractivity contribution in [1.29, 1.82) is 0 Å². The molecule has 2 rings (SSSR count). The molecule has 0 aromatic heterocycles. The number of benzene rings is 1. The molecule has 1 saturated carbocycles. The molecule has 0 heterocycles. The third-order valence-electron chi connectivity index (χ3n) is 3.74. The quantitative estimate of drug-likeness (QED) is 0.627. The molecule has 0 spiro atoms. The molecule has 0 unspecified atom stereocenters. The first-order valence-electron chi connectivity index (χ1n) is 5.43. The largest absolute Gasteiger partial charge is 0.330 e. The zero-order chi connectivity index (χ0) is 11.9. The highest BCUT2D eigenvalue weighted by Gasteiger charge is 2.57. The molecule has 1 aromatic rings. The molecule has 0 aliphatic heterocycles. The van der Waals surface area contributed by atoms with Gasteiger partial charge >= 0.3 is 0 Å². The maximum absolute atomic E-state index is 10.7. The lowest BCUT2D eigenvalue weighted by molar-refractivity contribution is -0.384. The fourth-order valence-electron chi connectivity index (χ4n) is 2.68. The standard InChI is InChI=1S/C12H16N2O2/c1-12(2)10(7-13)11(12)8-4-3-5-9(6-8)14(15)16/h3-6,10-11H,7,13H2,1-2H3/t10-,11-/m0/s1. The number of nitrogens with two attached hydrogens (primary N) is 1. The Morgan fingerprint density at radius 1 is 1.50 bits per heavy atom. The molecule has 1 aliphatic rings. The van der Waals surface area contributed by atoms with E-state index in [-0.39, 0.29) is 16.0 Å². The monoisotopic (exact) mass is 220 g/mol. The first-order chi connectivity index (χ1) is 7.48. The molecule has 4 heteroatoms. The minimum absolute atomic E-state index is 0.163. The van der Waals surface area contributed by atoms with Gasteiger partial charge in [0.1, 0.15) is 0 Å². The van der Waals surface area contributed by atoms with Crippen LogP contribution in [0.4, 0.5) is 5.69 Å². The zero-order valence-electron chi connectivity index (χ0n) is 9.51. The van der Waals surface area contributed by atoms with Gasteiger partial charge in [0.2, 0.25) is 0 Å². The van der Waals surface area contributed by atoms with Crippen molar-refractivity contribution in [3.63, 3.8) is 0 Å². The van der Waals surface area contributed by atoms with E-state index in [9.17, 15) is 10.1 Å². The van der Waals surface area contributed by atoms with Gasteiger partial charge in [0.15, 0.2) is 0 Å². The summed E-state index contributed by atoms with van der Waals surface area (Å²) in [6.45, 7) is 4.96. The fourth-order valence-corrected chi connectivity index (χ4v) is 2.68. The number of nitro groups is 1. The minimum Gasteiger partial charge on any atom is -0.330 e. The Labute approximate surface area is 94.6 Å². The van der Waals surface area contributed by atoms with Crippen LogP contribution in [0.1, 0.15) is 25.3 Å². The summed E-state index contributed by atoms with van der Waals surface area (Å²) in [5.41, 5.74) is 7.07. The van der Waals surface area contributed by atoms with Gasteiger partial charge < -0.3 is 5.73 Å². The number of non-ortho nitro benzene ring substituents is 1. The van der Waals surface area contributed by atoms with Gasteiger partial charge in [-0.05, 0) is 29.4 Å². The van der Waals surface area contributed by atoms with Crippen molar-refractivity contribution in [2.24, 2.45) is 17.1 Å². The minimum atomic E-state index is -0.351. The van der Waals surface area contributed by atoms with Crippen LogP contribution < -0.4 is 5.73 Å². The van der Waals surface area contributed by atoms with Gasteiger partial charge in [-0.25, -0.2) is 0 Å². The Morgan fingerprint density at radius 2 is 2.19 bits per heavy atom. The molecule has 86 valence electrons. The van der Waals surface area contributed by atoms with Crippen molar-refractivity contribution < 1.29 is 4.92 Å². The molecule has 0 bridgehead atoms.